The first-order valence-corrected chi connectivity index (χ1v) is 10.1. The van der Waals surface area contributed by atoms with Crippen LogP contribution in [0.3, 0.4) is 0 Å². The van der Waals surface area contributed by atoms with Gasteiger partial charge in [0.15, 0.2) is 17.5 Å². The Balaban J connectivity index is 0.00000320. The first-order chi connectivity index (χ1) is 14.2. The average molecular weight is 525 g/mol. The fourth-order valence-electron chi connectivity index (χ4n) is 3.50. The van der Waals surface area contributed by atoms with Crippen molar-refractivity contribution in [1.82, 2.24) is 10.6 Å². The van der Waals surface area contributed by atoms with Crippen LogP contribution in [-0.4, -0.2) is 33.3 Å². The summed E-state index contributed by atoms with van der Waals surface area (Å²) in [6.07, 6.45) is 4.95. The van der Waals surface area contributed by atoms with Crippen molar-refractivity contribution in [3.8, 4) is 17.2 Å². The number of halogens is 1. The monoisotopic (exact) mass is 525 g/mol. The maximum Gasteiger partial charge on any atom is 0.191 e. The fourth-order valence-corrected chi connectivity index (χ4v) is 3.50. The van der Waals surface area contributed by atoms with Crippen LogP contribution in [0.5, 0.6) is 17.2 Å². The van der Waals surface area contributed by atoms with Crippen molar-refractivity contribution in [2.45, 2.75) is 44.9 Å². The predicted octanol–water partition coefficient (Wildman–Crippen LogP) is 4.51. The molecule has 3 rings (SSSR count). The molecule has 1 saturated carbocycles. The molecular weight excluding hydrogens is 493 g/mol. The second-order valence-corrected chi connectivity index (χ2v) is 7.10. The Labute approximate surface area is 196 Å². The van der Waals surface area contributed by atoms with Gasteiger partial charge in [-0.25, -0.2) is 0 Å². The van der Waals surface area contributed by atoms with Crippen molar-refractivity contribution in [1.29, 1.82) is 0 Å². The van der Waals surface area contributed by atoms with E-state index >= 15 is 0 Å². The van der Waals surface area contributed by atoms with Crippen LogP contribution in [0.2, 0.25) is 0 Å². The molecule has 164 valence electrons. The molecule has 1 aliphatic carbocycles. The van der Waals surface area contributed by atoms with Gasteiger partial charge in [-0.2, -0.15) is 0 Å². The second kappa shape index (κ2) is 12.5. The van der Waals surface area contributed by atoms with Gasteiger partial charge in [-0.15, -0.1) is 24.0 Å². The second-order valence-electron chi connectivity index (χ2n) is 7.10. The molecular formula is C23H32IN3O3. The van der Waals surface area contributed by atoms with E-state index in [0.29, 0.717) is 13.1 Å². The van der Waals surface area contributed by atoms with E-state index < -0.39 is 0 Å². The van der Waals surface area contributed by atoms with E-state index in [1.54, 1.807) is 21.3 Å². The van der Waals surface area contributed by atoms with Crippen molar-refractivity contribution in [2.24, 2.45) is 4.99 Å². The number of rotatable bonds is 8. The molecule has 2 aromatic rings. The Hall–Kier alpha value is -2.16. The molecule has 0 spiro atoms. The molecule has 2 N–H and O–H groups in total. The van der Waals surface area contributed by atoms with Crippen LogP contribution >= 0.6 is 24.0 Å². The van der Waals surface area contributed by atoms with E-state index in [2.05, 4.69) is 21.7 Å². The van der Waals surface area contributed by atoms with Crippen LogP contribution in [0.25, 0.3) is 0 Å². The largest absolute Gasteiger partial charge is 0.497 e. The Bertz CT molecular complexity index is 806. The van der Waals surface area contributed by atoms with Gasteiger partial charge in [-0.3, -0.25) is 4.99 Å². The number of benzene rings is 2. The summed E-state index contributed by atoms with van der Waals surface area (Å²) in [5.74, 6) is 3.19. The van der Waals surface area contributed by atoms with Crippen LogP contribution in [0.1, 0.15) is 36.8 Å². The van der Waals surface area contributed by atoms with Crippen LogP contribution in [0.15, 0.2) is 47.5 Å². The molecule has 0 unspecified atom stereocenters. The molecule has 0 atom stereocenters. The summed E-state index contributed by atoms with van der Waals surface area (Å²) in [4.78, 5) is 4.33. The third-order valence-corrected chi connectivity index (χ3v) is 5.16. The van der Waals surface area contributed by atoms with Crippen molar-refractivity contribution < 1.29 is 14.2 Å². The molecule has 0 aliphatic heterocycles. The topological polar surface area (TPSA) is 64.1 Å². The fraction of sp³-hybridized carbons (Fsp3) is 0.435. The number of aliphatic imine (C=N–C) groups is 1. The lowest BCUT2D eigenvalue weighted by molar-refractivity contribution is 0.198. The average Bonchev–Trinajstić information content (AvgIpc) is 3.28. The van der Waals surface area contributed by atoms with Crippen molar-refractivity contribution in [3.63, 3.8) is 0 Å². The highest BCUT2D eigenvalue weighted by Gasteiger charge is 2.20. The molecule has 0 amide bonds. The molecule has 0 aromatic heterocycles. The van der Waals surface area contributed by atoms with Gasteiger partial charge in [0.2, 0.25) is 0 Å². The van der Waals surface area contributed by atoms with Gasteiger partial charge in [-0.1, -0.05) is 24.3 Å². The lowest BCUT2D eigenvalue weighted by Crippen LogP contribution is -2.36. The first kappa shape index (κ1) is 24.1. The highest BCUT2D eigenvalue weighted by atomic mass is 127. The Morgan fingerprint density at radius 1 is 0.967 bits per heavy atom. The molecule has 7 heteroatoms. The molecule has 0 saturated heterocycles. The summed E-state index contributed by atoms with van der Waals surface area (Å²) in [7, 11) is 5.12. The van der Waals surface area contributed by atoms with Crippen LogP contribution in [0.4, 0.5) is 0 Å². The van der Waals surface area contributed by atoms with Crippen molar-refractivity contribution in [3.05, 3.63) is 53.6 Å². The quantitative estimate of drug-likeness (QED) is 0.302. The Morgan fingerprint density at radius 2 is 1.67 bits per heavy atom. The van der Waals surface area contributed by atoms with Crippen LogP contribution < -0.4 is 24.8 Å². The Kier molecular flexibility index (Phi) is 10.1. The van der Waals surface area contributed by atoms with E-state index in [4.69, 9.17) is 14.2 Å². The summed E-state index contributed by atoms with van der Waals surface area (Å²) >= 11 is 0. The first-order valence-electron chi connectivity index (χ1n) is 10.1. The number of nitrogens with zero attached hydrogens (tertiary/aromatic N) is 1. The third-order valence-electron chi connectivity index (χ3n) is 5.16. The SMILES string of the molecule is CN=C(NCc1ccc(OC)cc1)NCc1cccc(OC)c1OC1CCCC1.I. The number of hydrogen-bond donors (Lipinski definition) is 2. The summed E-state index contributed by atoms with van der Waals surface area (Å²) in [6, 6.07) is 14.0. The summed E-state index contributed by atoms with van der Waals surface area (Å²) in [5.41, 5.74) is 2.21. The summed E-state index contributed by atoms with van der Waals surface area (Å²) < 4.78 is 17.1. The normalized spacial score (nSPS) is 14.0. The maximum absolute atomic E-state index is 6.31. The summed E-state index contributed by atoms with van der Waals surface area (Å²) in [5, 5.41) is 6.71. The predicted molar refractivity (Wildman–Crippen MR) is 131 cm³/mol. The molecule has 6 nitrogen and oxygen atoms in total. The van der Waals surface area contributed by atoms with E-state index in [-0.39, 0.29) is 30.1 Å². The van der Waals surface area contributed by atoms with E-state index in [1.165, 1.54) is 12.8 Å². The zero-order valence-electron chi connectivity index (χ0n) is 17.9. The van der Waals surface area contributed by atoms with Gasteiger partial charge in [0.25, 0.3) is 0 Å². The van der Waals surface area contributed by atoms with Gasteiger partial charge in [-0.05, 0) is 49.4 Å². The number of nitrogens with one attached hydrogen (secondary N) is 2. The summed E-state index contributed by atoms with van der Waals surface area (Å²) in [6.45, 7) is 1.27. The highest BCUT2D eigenvalue weighted by Crippen LogP contribution is 2.34. The van der Waals surface area contributed by atoms with Crippen LogP contribution in [0, 0.1) is 0 Å². The number of para-hydroxylation sites is 1. The minimum atomic E-state index is 0. The van der Waals surface area contributed by atoms with Gasteiger partial charge >= 0.3 is 0 Å². The van der Waals surface area contributed by atoms with E-state index in [9.17, 15) is 0 Å². The van der Waals surface area contributed by atoms with E-state index in [0.717, 1.165) is 47.2 Å². The zero-order chi connectivity index (χ0) is 20.5. The molecule has 2 aromatic carbocycles. The highest BCUT2D eigenvalue weighted by molar-refractivity contribution is 14.0. The van der Waals surface area contributed by atoms with E-state index in [1.807, 2.05) is 36.4 Å². The lowest BCUT2D eigenvalue weighted by atomic mass is 10.1. The zero-order valence-corrected chi connectivity index (χ0v) is 20.3. The van der Waals surface area contributed by atoms with Crippen molar-refractivity contribution >= 4 is 29.9 Å². The number of guanidine groups is 1. The third kappa shape index (κ3) is 6.68. The van der Waals surface area contributed by atoms with Gasteiger partial charge < -0.3 is 24.8 Å². The molecule has 0 radical (unpaired) electrons. The standard InChI is InChI=1S/C23H31N3O3.HI/c1-24-23(25-15-17-11-13-19(27-2)14-12-17)26-16-18-7-6-10-21(28-3)22(18)29-20-8-4-5-9-20;/h6-7,10-14,20H,4-5,8-9,15-16H2,1-3H3,(H2,24,25,26);1H. The molecule has 0 heterocycles. The van der Waals surface area contributed by atoms with Gasteiger partial charge in [0.05, 0.1) is 20.3 Å². The molecule has 1 aliphatic rings. The van der Waals surface area contributed by atoms with Gasteiger partial charge in [0, 0.05) is 25.7 Å². The number of methoxy groups -OCH3 is 2. The maximum atomic E-state index is 6.31. The lowest BCUT2D eigenvalue weighted by Gasteiger charge is -2.20. The number of ether oxygens (including phenoxy) is 3. The smallest absolute Gasteiger partial charge is 0.191 e. The molecule has 1 fully saturated rings. The van der Waals surface area contributed by atoms with Gasteiger partial charge in [0.1, 0.15) is 5.75 Å². The molecule has 0 bridgehead atoms. The van der Waals surface area contributed by atoms with Crippen molar-refractivity contribution in [2.75, 3.05) is 21.3 Å². The Morgan fingerprint density at radius 3 is 2.30 bits per heavy atom. The molecule has 30 heavy (non-hydrogen) atoms. The minimum Gasteiger partial charge on any atom is -0.497 e. The van der Waals surface area contributed by atoms with Crippen LogP contribution in [-0.2, 0) is 13.1 Å². The number of hydrogen-bond acceptors (Lipinski definition) is 4. The minimum absolute atomic E-state index is 0.